The van der Waals surface area contributed by atoms with Crippen LogP contribution in [0.1, 0.15) is 49.1 Å². The summed E-state index contributed by atoms with van der Waals surface area (Å²) in [6, 6.07) is 4.30. The van der Waals surface area contributed by atoms with Crippen molar-refractivity contribution in [3.05, 3.63) is 39.2 Å². The lowest BCUT2D eigenvalue weighted by atomic mass is 9.66. The number of hydrogen-bond donors (Lipinski definition) is 3. The minimum atomic E-state index is -0.437. The van der Waals surface area contributed by atoms with Crippen molar-refractivity contribution < 1.29 is 14.3 Å². The van der Waals surface area contributed by atoms with E-state index in [4.69, 9.17) is 16.0 Å². The second kappa shape index (κ2) is 7.17. The highest BCUT2D eigenvalue weighted by Gasteiger charge is 2.42. The fourth-order valence-electron chi connectivity index (χ4n) is 4.38. The SMILES string of the molecule is O=C(NCC1(C2CCN2)CCCCC1)c1cc(=O)c2cc(Cl)cc(O)c2o1. The lowest BCUT2D eigenvalue weighted by Crippen LogP contribution is -2.59. The van der Waals surface area contributed by atoms with E-state index < -0.39 is 11.3 Å². The Morgan fingerprint density at radius 3 is 2.70 bits per heavy atom. The molecule has 144 valence electrons. The number of carbonyl (C=O) groups is 1. The second-order valence-corrected chi connectivity index (χ2v) is 8.11. The molecule has 2 fully saturated rings. The maximum Gasteiger partial charge on any atom is 0.287 e. The summed E-state index contributed by atoms with van der Waals surface area (Å²) in [6.45, 7) is 1.58. The maximum absolute atomic E-state index is 12.7. The summed E-state index contributed by atoms with van der Waals surface area (Å²) in [7, 11) is 0. The first-order valence-electron chi connectivity index (χ1n) is 9.46. The molecular weight excluding hydrogens is 368 g/mol. The van der Waals surface area contributed by atoms with Crippen LogP contribution in [0.5, 0.6) is 5.75 Å². The Bertz CT molecular complexity index is 929. The molecule has 0 bridgehead atoms. The Labute approximate surface area is 161 Å². The van der Waals surface area contributed by atoms with E-state index >= 15 is 0 Å². The summed E-state index contributed by atoms with van der Waals surface area (Å²) in [5.41, 5.74) is -0.365. The van der Waals surface area contributed by atoms with E-state index in [1.54, 1.807) is 0 Å². The van der Waals surface area contributed by atoms with Gasteiger partial charge in [0.2, 0.25) is 0 Å². The fourth-order valence-corrected chi connectivity index (χ4v) is 4.59. The van der Waals surface area contributed by atoms with Gasteiger partial charge in [0.25, 0.3) is 5.91 Å². The van der Waals surface area contributed by atoms with E-state index in [0.29, 0.717) is 12.6 Å². The van der Waals surface area contributed by atoms with Gasteiger partial charge in [0, 0.05) is 35.2 Å². The van der Waals surface area contributed by atoms with Crippen LogP contribution in [0.3, 0.4) is 0 Å². The third kappa shape index (κ3) is 3.44. The van der Waals surface area contributed by atoms with Crippen molar-refractivity contribution >= 4 is 28.5 Å². The summed E-state index contributed by atoms with van der Waals surface area (Å²) >= 11 is 5.87. The van der Waals surface area contributed by atoms with E-state index in [9.17, 15) is 14.7 Å². The van der Waals surface area contributed by atoms with Crippen LogP contribution in [0.2, 0.25) is 5.02 Å². The number of phenolic OH excluding ortho intramolecular Hbond substituents is 1. The van der Waals surface area contributed by atoms with Crippen molar-refractivity contribution in [1.82, 2.24) is 10.6 Å². The quantitative estimate of drug-likeness (QED) is 0.745. The maximum atomic E-state index is 12.7. The minimum absolute atomic E-state index is 0.0231. The molecule has 4 rings (SSSR count). The highest BCUT2D eigenvalue weighted by Crippen LogP contribution is 2.41. The molecule has 1 atom stereocenters. The summed E-state index contributed by atoms with van der Waals surface area (Å²) in [5, 5.41) is 16.9. The van der Waals surface area contributed by atoms with Gasteiger partial charge in [0.15, 0.2) is 22.5 Å². The average Bonchev–Trinajstić information content (AvgIpc) is 2.60. The molecule has 1 aliphatic heterocycles. The predicted molar refractivity (Wildman–Crippen MR) is 103 cm³/mol. The molecule has 7 heteroatoms. The molecule has 0 radical (unpaired) electrons. The minimum Gasteiger partial charge on any atom is -0.504 e. The van der Waals surface area contributed by atoms with Gasteiger partial charge in [-0.1, -0.05) is 30.9 Å². The van der Waals surface area contributed by atoms with Gasteiger partial charge in [-0.15, -0.1) is 0 Å². The highest BCUT2D eigenvalue weighted by atomic mass is 35.5. The van der Waals surface area contributed by atoms with Crippen molar-refractivity contribution in [1.29, 1.82) is 0 Å². The molecule has 27 heavy (non-hydrogen) atoms. The van der Waals surface area contributed by atoms with Crippen LogP contribution in [0, 0.1) is 5.41 Å². The third-order valence-corrected chi connectivity index (χ3v) is 6.23. The molecule has 1 amide bonds. The monoisotopic (exact) mass is 390 g/mol. The molecule has 2 aliphatic rings. The molecule has 6 nitrogen and oxygen atoms in total. The first-order chi connectivity index (χ1) is 13.0. The first-order valence-corrected chi connectivity index (χ1v) is 9.84. The van der Waals surface area contributed by atoms with Crippen LogP contribution >= 0.6 is 11.6 Å². The van der Waals surface area contributed by atoms with E-state index in [-0.39, 0.29) is 32.9 Å². The molecule has 3 N–H and O–H groups in total. The van der Waals surface area contributed by atoms with E-state index in [0.717, 1.165) is 31.9 Å². The summed E-state index contributed by atoms with van der Waals surface area (Å²) in [5.74, 6) is -0.794. The molecule has 1 aromatic heterocycles. The number of rotatable bonds is 4. The van der Waals surface area contributed by atoms with Gasteiger partial charge in [-0.25, -0.2) is 0 Å². The Hall–Kier alpha value is -2.05. The Morgan fingerprint density at radius 2 is 2.04 bits per heavy atom. The van der Waals surface area contributed by atoms with Crippen molar-refractivity contribution in [2.24, 2.45) is 5.41 Å². The number of amides is 1. The van der Waals surface area contributed by atoms with Gasteiger partial charge in [-0.3, -0.25) is 9.59 Å². The van der Waals surface area contributed by atoms with Crippen LogP contribution in [0.25, 0.3) is 11.0 Å². The molecule has 1 saturated heterocycles. The predicted octanol–water partition coefficient (Wildman–Crippen LogP) is 3.19. The number of halogens is 1. The van der Waals surface area contributed by atoms with Crippen molar-refractivity contribution in [3.8, 4) is 5.75 Å². The Balaban J connectivity index is 1.56. The van der Waals surface area contributed by atoms with Crippen LogP contribution in [-0.2, 0) is 0 Å². The first kappa shape index (κ1) is 18.3. The zero-order valence-electron chi connectivity index (χ0n) is 15.0. The van der Waals surface area contributed by atoms with Crippen LogP contribution in [0.4, 0.5) is 0 Å². The second-order valence-electron chi connectivity index (χ2n) is 7.68. The van der Waals surface area contributed by atoms with Crippen molar-refractivity contribution in [3.63, 3.8) is 0 Å². The summed E-state index contributed by atoms with van der Waals surface area (Å²) in [6.07, 6.45) is 6.90. The van der Waals surface area contributed by atoms with Crippen molar-refractivity contribution in [2.75, 3.05) is 13.1 Å². The molecule has 0 spiro atoms. The zero-order chi connectivity index (χ0) is 19.0. The number of hydrogen-bond acceptors (Lipinski definition) is 5. The lowest BCUT2D eigenvalue weighted by Gasteiger charge is -2.48. The van der Waals surface area contributed by atoms with Gasteiger partial charge in [0.1, 0.15) is 0 Å². The van der Waals surface area contributed by atoms with Gasteiger partial charge in [-0.2, -0.15) is 0 Å². The molecule has 1 aromatic carbocycles. The average molecular weight is 391 g/mol. The lowest BCUT2D eigenvalue weighted by molar-refractivity contribution is 0.0686. The summed E-state index contributed by atoms with van der Waals surface area (Å²) < 4.78 is 5.53. The molecule has 1 aliphatic carbocycles. The molecular formula is C20H23ClN2O4. The number of nitrogens with one attached hydrogen (secondary N) is 2. The molecule has 1 unspecified atom stereocenters. The molecule has 2 aromatic rings. The topological polar surface area (TPSA) is 91.6 Å². The number of fused-ring (bicyclic) bond motifs is 1. The largest absolute Gasteiger partial charge is 0.504 e. The number of benzene rings is 1. The molecule has 2 heterocycles. The van der Waals surface area contributed by atoms with E-state index in [2.05, 4.69) is 10.6 Å². The number of aromatic hydroxyl groups is 1. The highest BCUT2D eigenvalue weighted by molar-refractivity contribution is 6.31. The number of phenols is 1. The van der Waals surface area contributed by atoms with Gasteiger partial charge < -0.3 is 20.2 Å². The van der Waals surface area contributed by atoms with E-state index in [1.807, 2.05) is 0 Å². The van der Waals surface area contributed by atoms with Gasteiger partial charge in [0.05, 0.1) is 5.39 Å². The standard InChI is InChI=1S/C20H23ClN2O4/c21-12-8-13-14(24)10-16(27-18(13)15(25)9-12)19(26)23-11-20(17-4-7-22-17)5-2-1-3-6-20/h8-10,17,22,25H,1-7,11H2,(H,23,26). The van der Waals surface area contributed by atoms with Crippen molar-refractivity contribution in [2.45, 2.75) is 44.6 Å². The fraction of sp³-hybridized carbons (Fsp3) is 0.500. The zero-order valence-corrected chi connectivity index (χ0v) is 15.8. The van der Waals surface area contributed by atoms with Crippen LogP contribution in [-0.4, -0.2) is 30.1 Å². The van der Waals surface area contributed by atoms with E-state index in [1.165, 1.54) is 31.4 Å². The van der Waals surface area contributed by atoms with Gasteiger partial charge >= 0.3 is 0 Å². The number of carbonyl (C=O) groups excluding carboxylic acids is 1. The smallest absolute Gasteiger partial charge is 0.287 e. The molecule has 1 saturated carbocycles. The Kier molecular flexibility index (Phi) is 4.86. The van der Waals surface area contributed by atoms with Crippen LogP contribution in [0.15, 0.2) is 27.4 Å². The van der Waals surface area contributed by atoms with Gasteiger partial charge in [-0.05, 0) is 31.9 Å². The third-order valence-electron chi connectivity index (χ3n) is 6.01. The summed E-state index contributed by atoms with van der Waals surface area (Å²) in [4.78, 5) is 25.0. The normalized spacial score (nSPS) is 21.6. The Morgan fingerprint density at radius 1 is 1.30 bits per heavy atom. The van der Waals surface area contributed by atoms with Crippen LogP contribution < -0.4 is 16.1 Å².